The fourth-order valence-corrected chi connectivity index (χ4v) is 3.88. The van der Waals surface area contributed by atoms with E-state index in [1.165, 1.54) is 82.8 Å². The summed E-state index contributed by atoms with van der Waals surface area (Å²) in [7, 11) is 0. The first kappa shape index (κ1) is 13.7. The Hall–Kier alpha value is 0.270. The Morgan fingerprint density at radius 2 is 1.88 bits per heavy atom. The van der Waals surface area contributed by atoms with E-state index < -0.39 is 0 Å². The minimum absolute atomic E-state index is 0.975. The van der Waals surface area contributed by atoms with Crippen LogP contribution in [0.15, 0.2) is 0 Å². The SMILES string of the molecule is C1CCC(CNCCN2CCCSCC2)CC1. The summed E-state index contributed by atoms with van der Waals surface area (Å²) < 4.78 is 0. The van der Waals surface area contributed by atoms with E-state index in [-0.39, 0.29) is 0 Å². The van der Waals surface area contributed by atoms with E-state index in [1.54, 1.807) is 0 Å². The van der Waals surface area contributed by atoms with E-state index >= 15 is 0 Å². The van der Waals surface area contributed by atoms with Crippen molar-refractivity contribution in [3.63, 3.8) is 0 Å². The maximum atomic E-state index is 3.67. The van der Waals surface area contributed by atoms with Crippen molar-refractivity contribution in [3.05, 3.63) is 0 Å². The minimum atomic E-state index is 0.975. The van der Waals surface area contributed by atoms with Crippen LogP contribution in [0.3, 0.4) is 0 Å². The molecule has 0 aromatic heterocycles. The molecule has 0 unspecified atom stereocenters. The highest BCUT2D eigenvalue weighted by Crippen LogP contribution is 2.22. The number of nitrogens with zero attached hydrogens (tertiary/aromatic N) is 1. The molecule has 1 N–H and O–H groups in total. The number of hydrogen-bond acceptors (Lipinski definition) is 3. The van der Waals surface area contributed by atoms with Crippen molar-refractivity contribution in [2.45, 2.75) is 38.5 Å². The van der Waals surface area contributed by atoms with E-state index in [0.717, 1.165) is 5.92 Å². The van der Waals surface area contributed by atoms with E-state index in [0.29, 0.717) is 0 Å². The van der Waals surface area contributed by atoms with Crippen LogP contribution < -0.4 is 5.32 Å². The minimum Gasteiger partial charge on any atom is -0.315 e. The number of hydrogen-bond donors (Lipinski definition) is 1. The molecule has 2 nitrogen and oxygen atoms in total. The van der Waals surface area contributed by atoms with Crippen LogP contribution in [-0.2, 0) is 0 Å². The van der Waals surface area contributed by atoms with Gasteiger partial charge in [-0.1, -0.05) is 19.3 Å². The molecule has 1 saturated heterocycles. The summed E-state index contributed by atoms with van der Waals surface area (Å²) in [5.41, 5.74) is 0. The summed E-state index contributed by atoms with van der Waals surface area (Å²) >= 11 is 2.12. The highest BCUT2D eigenvalue weighted by molar-refractivity contribution is 7.99. The molecule has 0 atom stereocenters. The van der Waals surface area contributed by atoms with Gasteiger partial charge >= 0.3 is 0 Å². The highest BCUT2D eigenvalue weighted by atomic mass is 32.2. The quantitative estimate of drug-likeness (QED) is 0.761. The molecule has 3 heteroatoms. The summed E-state index contributed by atoms with van der Waals surface area (Å²) in [4.78, 5) is 2.63. The largest absolute Gasteiger partial charge is 0.315 e. The molecule has 17 heavy (non-hydrogen) atoms. The van der Waals surface area contributed by atoms with Crippen molar-refractivity contribution in [2.75, 3.05) is 44.2 Å². The molecule has 1 aliphatic heterocycles. The lowest BCUT2D eigenvalue weighted by Crippen LogP contribution is -2.35. The van der Waals surface area contributed by atoms with Crippen LogP contribution in [0.1, 0.15) is 38.5 Å². The van der Waals surface area contributed by atoms with Gasteiger partial charge in [-0.25, -0.2) is 0 Å². The molecule has 0 amide bonds. The molecule has 1 heterocycles. The van der Waals surface area contributed by atoms with Crippen molar-refractivity contribution in [1.82, 2.24) is 10.2 Å². The van der Waals surface area contributed by atoms with Crippen LogP contribution in [0.2, 0.25) is 0 Å². The molecular weight excluding hydrogens is 228 g/mol. The zero-order valence-corrected chi connectivity index (χ0v) is 11.9. The van der Waals surface area contributed by atoms with Gasteiger partial charge in [-0.2, -0.15) is 11.8 Å². The molecule has 0 spiro atoms. The molecule has 1 aliphatic carbocycles. The van der Waals surface area contributed by atoms with Gasteiger partial charge in [-0.05, 0) is 44.0 Å². The second kappa shape index (κ2) is 8.39. The lowest BCUT2D eigenvalue weighted by Gasteiger charge is -2.23. The molecular formula is C14H28N2S. The van der Waals surface area contributed by atoms with Crippen molar-refractivity contribution in [3.8, 4) is 0 Å². The van der Waals surface area contributed by atoms with Crippen molar-refractivity contribution in [2.24, 2.45) is 5.92 Å². The predicted octanol–water partition coefficient (Wildman–Crippen LogP) is 2.60. The normalized spacial score (nSPS) is 24.7. The molecule has 0 aromatic rings. The van der Waals surface area contributed by atoms with Crippen LogP contribution in [0, 0.1) is 5.92 Å². The topological polar surface area (TPSA) is 15.3 Å². The standard InChI is InChI=1S/C14H28N2S/c1-2-5-14(6-3-1)13-15-7-9-16-8-4-11-17-12-10-16/h14-15H,1-13H2. The van der Waals surface area contributed by atoms with Crippen LogP contribution in [0.4, 0.5) is 0 Å². The van der Waals surface area contributed by atoms with Gasteiger partial charge in [0.2, 0.25) is 0 Å². The molecule has 0 bridgehead atoms. The van der Waals surface area contributed by atoms with Gasteiger partial charge in [0.25, 0.3) is 0 Å². The fourth-order valence-electron chi connectivity index (χ4n) is 2.96. The van der Waals surface area contributed by atoms with E-state index in [4.69, 9.17) is 0 Å². The number of nitrogens with one attached hydrogen (secondary N) is 1. The average molecular weight is 256 g/mol. The van der Waals surface area contributed by atoms with Gasteiger partial charge in [0.1, 0.15) is 0 Å². The van der Waals surface area contributed by atoms with Gasteiger partial charge in [0.15, 0.2) is 0 Å². The Bertz CT molecular complexity index is 185. The van der Waals surface area contributed by atoms with Crippen molar-refractivity contribution >= 4 is 11.8 Å². The third-order valence-electron chi connectivity index (χ3n) is 4.08. The van der Waals surface area contributed by atoms with Gasteiger partial charge in [0, 0.05) is 25.4 Å². The van der Waals surface area contributed by atoms with Crippen LogP contribution in [0.25, 0.3) is 0 Å². The third kappa shape index (κ3) is 5.62. The molecule has 2 rings (SSSR count). The molecule has 2 fully saturated rings. The van der Waals surface area contributed by atoms with Crippen LogP contribution in [0.5, 0.6) is 0 Å². The molecule has 2 aliphatic rings. The number of thioether (sulfide) groups is 1. The molecule has 0 aromatic carbocycles. The fraction of sp³-hybridized carbons (Fsp3) is 1.00. The Morgan fingerprint density at radius 1 is 1.00 bits per heavy atom. The Balaban J connectivity index is 1.49. The maximum Gasteiger partial charge on any atom is 0.0107 e. The van der Waals surface area contributed by atoms with E-state index in [1.807, 2.05) is 0 Å². The zero-order chi connectivity index (χ0) is 11.8. The number of rotatable bonds is 5. The predicted molar refractivity (Wildman–Crippen MR) is 77.8 cm³/mol. The molecule has 0 radical (unpaired) electrons. The first-order chi connectivity index (χ1) is 8.45. The van der Waals surface area contributed by atoms with E-state index in [2.05, 4.69) is 22.0 Å². The van der Waals surface area contributed by atoms with Gasteiger partial charge < -0.3 is 10.2 Å². The maximum absolute atomic E-state index is 3.67. The smallest absolute Gasteiger partial charge is 0.0107 e. The lowest BCUT2D eigenvalue weighted by molar-refractivity contribution is 0.283. The van der Waals surface area contributed by atoms with Crippen molar-refractivity contribution in [1.29, 1.82) is 0 Å². The average Bonchev–Trinajstić information content (AvgIpc) is 2.65. The summed E-state index contributed by atoms with van der Waals surface area (Å²) in [6.07, 6.45) is 8.72. The first-order valence-electron chi connectivity index (χ1n) is 7.46. The monoisotopic (exact) mass is 256 g/mol. The Kier molecular flexibility index (Phi) is 6.76. The second-order valence-corrected chi connectivity index (χ2v) is 6.74. The highest BCUT2D eigenvalue weighted by Gasteiger charge is 2.13. The van der Waals surface area contributed by atoms with Gasteiger partial charge in [-0.15, -0.1) is 0 Å². The van der Waals surface area contributed by atoms with Gasteiger partial charge in [0.05, 0.1) is 0 Å². The zero-order valence-electron chi connectivity index (χ0n) is 11.1. The van der Waals surface area contributed by atoms with Gasteiger partial charge in [-0.3, -0.25) is 0 Å². The molecule has 1 saturated carbocycles. The van der Waals surface area contributed by atoms with Crippen LogP contribution >= 0.6 is 11.8 Å². The summed E-state index contributed by atoms with van der Waals surface area (Å²) in [6, 6.07) is 0. The second-order valence-electron chi connectivity index (χ2n) is 5.52. The first-order valence-corrected chi connectivity index (χ1v) is 8.61. The molecule has 100 valence electrons. The Morgan fingerprint density at radius 3 is 2.76 bits per heavy atom. The van der Waals surface area contributed by atoms with Crippen molar-refractivity contribution < 1.29 is 0 Å². The Labute approximate surface area is 111 Å². The summed E-state index contributed by atoms with van der Waals surface area (Å²) in [6.45, 7) is 6.34. The third-order valence-corrected chi connectivity index (χ3v) is 5.13. The summed E-state index contributed by atoms with van der Waals surface area (Å²) in [5.74, 6) is 3.68. The summed E-state index contributed by atoms with van der Waals surface area (Å²) in [5, 5.41) is 3.67. The lowest BCUT2D eigenvalue weighted by atomic mass is 9.89. The van der Waals surface area contributed by atoms with E-state index in [9.17, 15) is 0 Å². The van der Waals surface area contributed by atoms with Crippen LogP contribution in [-0.4, -0.2) is 49.1 Å².